The predicted octanol–water partition coefficient (Wildman–Crippen LogP) is 6.91. The Morgan fingerprint density at radius 1 is 0.571 bits per heavy atom. The minimum Gasteiger partial charge on any atom is -0.497 e. The quantitative estimate of drug-likeness (QED) is 0.299. The average Bonchev–Trinajstić information content (AvgIpc) is 2.96. The zero-order chi connectivity index (χ0) is 29.2. The standard InChI is InChI=1S/2C17H27NO2.2ClH/c2*1-18(2)13-16(17(19)11-5-4-6-12-17)14-7-9-15(20-3)10-8-14;;/h2*7-10,16,19H,4-6,11-13H2,1-3H3;2*1H. The van der Waals surface area contributed by atoms with E-state index in [1.54, 1.807) is 14.2 Å². The van der Waals surface area contributed by atoms with Crippen molar-refractivity contribution >= 4 is 24.8 Å². The summed E-state index contributed by atoms with van der Waals surface area (Å²) < 4.78 is 10.5. The Hall–Kier alpha value is -1.54. The van der Waals surface area contributed by atoms with Crippen molar-refractivity contribution < 1.29 is 19.7 Å². The van der Waals surface area contributed by atoms with Crippen molar-refractivity contribution in [1.82, 2.24) is 9.80 Å². The molecule has 0 saturated heterocycles. The largest absolute Gasteiger partial charge is 0.497 e. The molecule has 0 aliphatic heterocycles. The zero-order valence-corrected chi connectivity index (χ0v) is 28.3. The van der Waals surface area contributed by atoms with E-state index in [4.69, 9.17) is 9.47 Å². The third kappa shape index (κ3) is 10.9. The molecule has 2 aliphatic rings. The summed E-state index contributed by atoms with van der Waals surface area (Å²) in [6, 6.07) is 16.3. The molecule has 0 radical (unpaired) electrons. The van der Waals surface area contributed by atoms with Gasteiger partial charge in [0.05, 0.1) is 25.4 Å². The van der Waals surface area contributed by atoms with Crippen LogP contribution in [0.5, 0.6) is 11.5 Å². The maximum Gasteiger partial charge on any atom is 0.118 e. The molecule has 2 aromatic rings. The van der Waals surface area contributed by atoms with Crippen LogP contribution in [-0.4, -0.2) is 86.7 Å². The Morgan fingerprint density at radius 3 is 1.10 bits per heavy atom. The van der Waals surface area contributed by atoms with Crippen molar-refractivity contribution in [3.8, 4) is 11.5 Å². The summed E-state index contributed by atoms with van der Waals surface area (Å²) in [6.07, 6.45) is 10.7. The topological polar surface area (TPSA) is 65.4 Å². The first-order chi connectivity index (χ1) is 19.1. The molecule has 4 rings (SSSR count). The molecule has 2 aliphatic carbocycles. The van der Waals surface area contributed by atoms with Gasteiger partial charge >= 0.3 is 0 Å². The van der Waals surface area contributed by atoms with Crippen molar-refractivity contribution in [2.75, 3.05) is 55.5 Å². The molecule has 2 aromatic carbocycles. The summed E-state index contributed by atoms with van der Waals surface area (Å²) in [5.41, 5.74) is 1.31. The summed E-state index contributed by atoms with van der Waals surface area (Å²) in [4.78, 5) is 4.34. The van der Waals surface area contributed by atoms with Gasteiger partial charge in [-0.1, -0.05) is 62.8 Å². The summed E-state index contributed by atoms with van der Waals surface area (Å²) in [7, 11) is 11.7. The van der Waals surface area contributed by atoms with E-state index in [9.17, 15) is 10.2 Å². The highest BCUT2D eigenvalue weighted by molar-refractivity contribution is 5.85. The number of aliphatic hydroxyl groups is 2. The Bertz CT molecular complexity index is 908. The van der Waals surface area contributed by atoms with Crippen molar-refractivity contribution in [3.05, 3.63) is 59.7 Å². The van der Waals surface area contributed by atoms with Crippen LogP contribution in [-0.2, 0) is 0 Å². The third-order valence-electron chi connectivity index (χ3n) is 8.87. The number of hydrogen-bond donors (Lipinski definition) is 2. The van der Waals surface area contributed by atoms with E-state index in [-0.39, 0.29) is 36.6 Å². The van der Waals surface area contributed by atoms with Crippen molar-refractivity contribution in [2.45, 2.75) is 87.2 Å². The van der Waals surface area contributed by atoms with Crippen LogP contribution >= 0.6 is 24.8 Å². The molecule has 0 aromatic heterocycles. The van der Waals surface area contributed by atoms with Crippen LogP contribution < -0.4 is 9.47 Å². The Kier molecular flexibility index (Phi) is 16.8. The van der Waals surface area contributed by atoms with Crippen LogP contribution in [0.4, 0.5) is 0 Å². The highest BCUT2D eigenvalue weighted by Crippen LogP contribution is 2.41. The molecule has 0 heterocycles. The van der Waals surface area contributed by atoms with Crippen LogP contribution in [0, 0.1) is 0 Å². The normalized spacial score (nSPS) is 18.9. The Balaban J connectivity index is 0.000000401. The van der Waals surface area contributed by atoms with E-state index in [0.717, 1.165) is 76.0 Å². The highest BCUT2D eigenvalue weighted by Gasteiger charge is 2.40. The number of nitrogens with zero attached hydrogens (tertiary/aromatic N) is 2. The zero-order valence-electron chi connectivity index (χ0n) is 26.7. The third-order valence-corrected chi connectivity index (χ3v) is 8.87. The second kappa shape index (κ2) is 18.3. The fourth-order valence-corrected chi connectivity index (χ4v) is 6.60. The van der Waals surface area contributed by atoms with Crippen molar-refractivity contribution in [1.29, 1.82) is 0 Å². The number of methoxy groups -OCH3 is 2. The number of rotatable bonds is 10. The van der Waals surface area contributed by atoms with Crippen LogP contribution in [0.15, 0.2) is 48.5 Å². The number of hydrogen-bond acceptors (Lipinski definition) is 6. The lowest BCUT2D eigenvalue weighted by molar-refractivity contribution is -0.0280. The minimum atomic E-state index is -0.558. The Morgan fingerprint density at radius 2 is 0.857 bits per heavy atom. The van der Waals surface area contributed by atoms with Crippen molar-refractivity contribution in [3.63, 3.8) is 0 Å². The van der Waals surface area contributed by atoms with Gasteiger partial charge in [-0.3, -0.25) is 0 Å². The molecular formula is C34H56Cl2N2O4. The lowest BCUT2D eigenvalue weighted by atomic mass is 9.72. The smallest absolute Gasteiger partial charge is 0.118 e. The maximum absolute atomic E-state index is 11.1. The monoisotopic (exact) mass is 626 g/mol. The minimum absolute atomic E-state index is 0. The molecule has 2 N–H and O–H groups in total. The first-order valence-corrected chi connectivity index (χ1v) is 15.1. The number of likely N-dealkylation sites (N-methyl/N-ethyl adjacent to an activating group) is 2. The van der Waals surface area contributed by atoms with E-state index in [1.807, 2.05) is 24.3 Å². The van der Waals surface area contributed by atoms with Gasteiger partial charge in [-0.15, -0.1) is 24.8 Å². The van der Waals surface area contributed by atoms with Gasteiger partial charge in [0.15, 0.2) is 0 Å². The molecule has 42 heavy (non-hydrogen) atoms. The van der Waals surface area contributed by atoms with E-state index in [0.29, 0.717) is 0 Å². The number of halogens is 2. The summed E-state index contributed by atoms with van der Waals surface area (Å²) in [6.45, 7) is 1.76. The molecule has 6 nitrogen and oxygen atoms in total. The summed E-state index contributed by atoms with van der Waals surface area (Å²) in [5, 5.41) is 22.2. The van der Waals surface area contributed by atoms with Gasteiger partial charge in [0, 0.05) is 24.9 Å². The molecule has 2 atom stereocenters. The summed E-state index contributed by atoms with van der Waals surface area (Å²) in [5.74, 6) is 2.08. The van der Waals surface area contributed by atoms with E-state index >= 15 is 0 Å². The van der Waals surface area contributed by atoms with Crippen molar-refractivity contribution in [2.24, 2.45) is 0 Å². The second-order valence-electron chi connectivity index (χ2n) is 12.5. The van der Waals surface area contributed by atoms with Gasteiger partial charge < -0.3 is 29.5 Å². The van der Waals surface area contributed by atoms with Gasteiger partial charge in [0.2, 0.25) is 0 Å². The van der Waals surface area contributed by atoms with Gasteiger partial charge in [0.1, 0.15) is 11.5 Å². The summed E-state index contributed by atoms with van der Waals surface area (Å²) >= 11 is 0. The molecule has 0 amide bonds. The molecule has 240 valence electrons. The highest BCUT2D eigenvalue weighted by atomic mass is 35.5. The van der Waals surface area contributed by atoms with Crippen LogP contribution in [0.2, 0.25) is 0 Å². The average molecular weight is 628 g/mol. The first-order valence-electron chi connectivity index (χ1n) is 15.1. The fourth-order valence-electron chi connectivity index (χ4n) is 6.60. The molecule has 2 saturated carbocycles. The first kappa shape index (κ1) is 38.5. The molecule has 0 bridgehead atoms. The van der Waals surface area contributed by atoms with Crippen LogP contribution in [0.1, 0.15) is 87.2 Å². The van der Waals surface area contributed by atoms with E-state index in [2.05, 4.69) is 62.3 Å². The number of ether oxygens (including phenoxy) is 2. The van der Waals surface area contributed by atoms with E-state index in [1.165, 1.54) is 24.0 Å². The second-order valence-corrected chi connectivity index (χ2v) is 12.5. The molecular weight excluding hydrogens is 571 g/mol. The predicted molar refractivity (Wildman–Crippen MR) is 179 cm³/mol. The molecule has 2 fully saturated rings. The van der Waals surface area contributed by atoms with E-state index < -0.39 is 11.2 Å². The van der Waals surface area contributed by atoms with Gasteiger partial charge in [-0.25, -0.2) is 0 Å². The SMILES string of the molecule is COc1ccc(C(CN(C)C)C2(O)CCCCC2)cc1.COc1ccc(C(CN(C)C)C2(O)CCCCC2)cc1.Cl.Cl. The lowest BCUT2D eigenvalue weighted by Crippen LogP contribution is -2.42. The van der Waals surface area contributed by atoms with Crippen LogP contribution in [0.25, 0.3) is 0 Å². The van der Waals surface area contributed by atoms with Crippen LogP contribution in [0.3, 0.4) is 0 Å². The van der Waals surface area contributed by atoms with Gasteiger partial charge in [-0.2, -0.15) is 0 Å². The molecule has 2 unspecified atom stereocenters. The fraction of sp³-hybridized carbons (Fsp3) is 0.647. The molecule has 8 heteroatoms. The van der Waals surface area contributed by atoms with Gasteiger partial charge in [-0.05, 0) is 89.3 Å². The number of benzene rings is 2. The molecule has 0 spiro atoms. The maximum atomic E-state index is 11.1. The van der Waals surface area contributed by atoms with Gasteiger partial charge in [0.25, 0.3) is 0 Å². The lowest BCUT2D eigenvalue weighted by Gasteiger charge is -2.40. The Labute approximate surface area is 267 Å².